The molecule has 114 valence electrons. The topological polar surface area (TPSA) is 97.3 Å². The van der Waals surface area contributed by atoms with Gasteiger partial charge in [-0.3, -0.25) is 0 Å². The molecule has 0 fully saturated rings. The van der Waals surface area contributed by atoms with E-state index in [1.54, 1.807) is 11.9 Å². The molecule has 0 saturated carbocycles. The first-order valence-corrected chi connectivity index (χ1v) is 8.34. The minimum absolute atomic E-state index is 0.0369. The van der Waals surface area contributed by atoms with E-state index < -0.39 is 9.84 Å². The van der Waals surface area contributed by atoms with E-state index in [1.165, 1.54) is 13.4 Å². The fourth-order valence-corrected chi connectivity index (χ4v) is 1.93. The van der Waals surface area contributed by atoms with Crippen LogP contribution >= 0.6 is 0 Å². The van der Waals surface area contributed by atoms with Crippen molar-refractivity contribution in [3.05, 3.63) is 0 Å². The van der Waals surface area contributed by atoms with Crippen LogP contribution in [0.25, 0.3) is 0 Å². The molecule has 8 nitrogen and oxygen atoms in total. The number of nitrogens with one attached hydrogen (secondary N) is 1. The second-order valence-electron chi connectivity index (χ2n) is 4.42. The Kier molecular flexibility index (Phi) is 5.93. The van der Waals surface area contributed by atoms with Gasteiger partial charge in [-0.05, 0) is 6.42 Å². The van der Waals surface area contributed by atoms with E-state index in [-0.39, 0.29) is 11.8 Å². The zero-order chi connectivity index (χ0) is 15.2. The van der Waals surface area contributed by atoms with E-state index >= 15 is 0 Å². The summed E-state index contributed by atoms with van der Waals surface area (Å²) in [5.74, 6) is 0.828. The average molecular weight is 303 g/mol. The van der Waals surface area contributed by atoms with Crippen LogP contribution in [0.15, 0.2) is 0 Å². The molecule has 0 unspecified atom stereocenters. The van der Waals surface area contributed by atoms with Crippen molar-refractivity contribution < 1.29 is 13.2 Å². The minimum Gasteiger partial charge on any atom is -0.467 e. The maximum Gasteiger partial charge on any atom is 0.322 e. The van der Waals surface area contributed by atoms with Gasteiger partial charge < -0.3 is 15.0 Å². The largest absolute Gasteiger partial charge is 0.467 e. The van der Waals surface area contributed by atoms with Gasteiger partial charge in [-0.25, -0.2) is 8.42 Å². The van der Waals surface area contributed by atoms with E-state index in [0.29, 0.717) is 18.4 Å². The maximum absolute atomic E-state index is 11.2. The van der Waals surface area contributed by atoms with Crippen LogP contribution in [0.4, 0.5) is 11.9 Å². The van der Waals surface area contributed by atoms with E-state index in [2.05, 4.69) is 20.3 Å². The molecule has 20 heavy (non-hydrogen) atoms. The van der Waals surface area contributed by atoms with Crippen LogP contribution in [-0.2, 0) is 9.84 Å². The van der Waals surface area contributed by atoms with Gasteiger partial charge in [-0.15, -0.1) is 0 Å². The fraction of sp³-hybridized carbons (Fsp3) is 0.727. The van der Waals surface area contributed by atoms with E-state index in [1.807, 2.05) is 6.92 Å². The Labute approximate surface area is 119 Å². The highest BCUT2D eigenvalue weighted by atomic mass is 32.2. The molecule has 0 aliphatic rings. The zero-order valence-corrected chi connectivity index (χ0v) is 13.1. The summed E-state index contributed by atoms with van der Waals surface area (Å²) in [6.07, 6.45) is 2.14. The predicted octanol–water partition coefficient (Wildman–Crippen LogP) is 0.183. The normalized spacial score (nSPS) is 11.2. The van der Waals surface area contributed by atoms with Crippen LogP contribution in [0.2, 0.25) is 0 Å². The Morgan fingerprint density at radius 2 is 2.00 bits per heavy atom. The van der Waals surface area contributed by atoms with Gasteiger partial charge in [0.05, 0.1) is 12.9 Å². The lowest BCUT2D eigenvalue weighted by Gasteiger charge is -2.17. The third-order valence-corrected chi connectivity index (χ3v) is 3.38. The first-order chi connectivity index (χ1) is 9.35. The molecule has 0 bridgehead atoms. The third-order valence-electron chi connectivity index (χ3n) is 2.46. The van der Waals surface area contributed by atoms with Crippen LogP contribution in [0.5, 0.6) is 6.01 Å². The lowest BCUT2D eigenvalue weighted by Crippen LogP contribution is -2.27. The second kappa shape index (κ2) is 7.22. The number of ether oxygens (including phenoxy) is 1. The van der Waals surface area contributed by atoms with Crippen molar-refractivity contribution in [2.45, 2.75) is 13.3 Å². The molecule has 0 spiro atoms. The molecular weight excluding hydrogens is 282 g/mol. The summed E-state index contributed by atoms with van der Waals surface area (Å²) in [6.45, 7) is 3.07. The van der Waals surface area contributed by atoms with Gasteiger partial charge in [0.15, 0.2) is 0 Å². The van der Waals surface area contributed by atoms with E-state index in [0.717, 1.165) is 13.0 Å². The monoisotopic (exact) mass is 303 g/mol. The molecular formula is C11H21N5O3S. The summed E-state index contributed by atoms with van der Waals surface area (Å²) in [5, 5.41) is 3.05. The number of nitrogens with zero attached hydrogens (tertiary/aromatic N) is 4. The van der Waals surface area contributed by atoms with Crippen molar-refractivity contribution >= 4 is 21.7 Å². The standard InChI is InChI=1S/C11H21N5O3S/c1-5-6-12-9-13-10(15-11(14-9)19-3)16(2)7-8-20(4,17)18/h5-8H2,1-4H3,(H,12,13,14,15). The smallest absolute Gasteiger partial charge is 0.322 e. The average Bonchev–Trinajstić information content (AvgIpc) is 2.41. The van der Waals surface area contributed by atoms with Crippen molar-refractivity contribution in [1.82, 2.24) is 15.0 Å². The van der Waals surface area contributed by atoms with Gasteiger partial charge in [-0.2, -0.15) is 15.0 Å². The van der Waals surface area contributed by atoms with Crippen molar-refractivity contribution in [3.63, 3.8) is 0 Å². The summed E-state index contributed by atoms with van der Waals surface area (Å²) < 4.78 is 27.4. The van der Waals surface area contributed by atoms with Crippen LogP contribution in [0.3, 0.4) is 0 Å². The number of methoxy groups -OCH3 is 1. The van der Waals surface area contributed by atoms with Crippen LogP contribution in [0, 0.1) is 0 Å². The quantitative estimate of drug-likeness (QED) is 0.726. The maximum atomic E-state index is 11.2. The Morgan fingerprint density at radius 3 is 2.55 bits per heavy atom. The molecule has 1 heterocycles. The number of sulfone groups is 1. The molecule has 1 rings (SSSR count). The number of hydrogen-bond donors (Lipinski definition) is 1. The molecule has 0 aliphatic heterocycles. The zero-order valence-electron chi connectivity index (χ0n) is 12.3. The molecule has 0 atom stereocenters. The first-order valence-electron chi connectivity index (χ1n) is 6.28. The molecule has 0 saturated heterocycles. The van der Waals surface area contributed by atoms with Gasteiger partial charge in [0.1, 0.15) is 9.84 Å². The summed E-state index contributed by atoms with van der Waals surface area (Å²) in [4.78, 5) is 14.1. The number of rotatable bonds is 8. The van der Waals surface area contributed by atoms with E-state index in [9.17, 15) is 8.42 Å². The van der Waals surface area contributed by atoms with Crippen LogP contribution in [-0.4, -0.2) is 62.6 Å². The molecule has 0 aliphatic carbocycles. The molecule has 1 N–H and O–H groups in total. The van der Waals surface area contributed by atoms with Gasteiger partial charge in [0.2, 0.25) is 11.9 Å². The molecule has 0 aromatic carbocycles. The number of hydrogen-bond acceptors (Lipinski definition) is 8. The highest BCUT2D eigenvalue weighted by molar-refractivity contribution is 7.90. The van der Waals surface area contributed by atoms with Gasteiger partial charge in [0, 0.05) is 26.4 Å². The molecule has 0 amide bonds. The van der Waals surface area contributed by atoms with Gasteiger partial charge in [0.25, 0.3) is 0 Å². The van der Waals surface area contributed by atoms with Crippen molar-refractivity contribution in [1.29, 1.82) is 0 Å². The minimum atomic E-state index is -3.03. The molecule has 1 aromatic heterocycles. The Hall–Kier alpha value is -1.64. The SMILES string of the molecule is CCCNc1nc(OC)nc(N(C)CCS(C)(=O)=O)n1. The first kappa shape index (κ1) is 16.4. The van der Waals surface area contributed by atoms with Crippen LogP contribution in [0.1, 0.15) is 13.3 Å². The second-order valence-corrected chi connectivity index (χ2v) is 6.68. The van der Waals surface area contributed by atoms with Gasteiger partial charge in [-0.1, -0.05) is 6.92 Å². The lowest BCUT2D eigenvalue weighted by atomic mass is 10.5. The summed E-state index contributed by atoms with van der Waals surface area (Å²) in [7, 11) is 0.170. The summed E-state index contributed by atoms with van der Waals surface area (Å²) >= 11 is 0. The Morgan fingerprint density at radius 1 is 1.30 bits per heavy atom. The van der Waals surface area contributed by atoms with Crippen molar-refractivity contribution in [2.75, 3.05) is 49.5 Å². The lowest BCUT2D eigenvalue weighted by molar-refractivity contribution is 0.379. The number of aromatic nitrogens is 3. The molecule has 9 heteroatoms. The fourth-order valence-electron chi connectivity index (χ4n) is 1.33. The molecule has 0 radical (unpaired) electrons. The Bertz CT molecular complexity index is 535. The number of anilines is 2. The highest BCUT2D eigenvalue weighted by Crippen LogP contribution is 2.13. The van der Waals surface area contributed by atoms with Crippen molar-refractivity contribution in [3.8, 4) is 6.01 Å². The highest BCUT2D eigenvalue weighted by Gasteiger charge is 2.12. The predicted molar refractivity (Wildman–Crippen MR) is 78.1 cm³/mol. The molecule has 1 aromatic rings. The summed E-state index contributed by atoms with van der Waals surface area (Å²) in [6, 6.07) is 0.194. The van der Waals surface area contributed by atoms with E-state index in [4.69, 9.17) is 4.74 Å². The Balaban J connectivity index is 2.86. The van der Waals surface area contributed by atoms with Crippen molar-refractivity contribution in [2.24, 2.45) is 0 Å². The van der Waals surface area contributed by atoms with Gasteiger partial charge >= 0.3 is 6.01 Å². The third kappa shape index (κ3) is 5.55. The summed E-state index contributed by atoms with van der Waals surface area (Å²) in [5.41, 5.74) is 0. The van der Waals surface area contributed by atoms with Crippen LogP contribution < -0.4 is 15.0 Å².